The molecule has 0 aromatic heterocycles. The molecule has 0 bridgehead atoms. The van der Waals surface area contributed by atoms with Crippen molar-refractivity contribution >= 4 is 17.8 Å². The van der Waals surface area contributed by atoms with E-state index in [0.29, 0.717) is 11.1 Å². The number of likely N-dealkylation sites (tertiary alicyclic amines) is 1. The number of imide groups is 1. The van der Waals surface area contributed by atoms with E-state index in [1.807, 2.05) is 0 Å². The van der Waals surface area contributed by atoms with Gasteiger partial charge in [-0.15, -0.1) is 0 Å². The number of rotatable bonds is 2. The van der Waals surface area contributed by atoms with Gasteiger partial charge in [-0.1, -0.05) is 6.42 Å². The number of ether oxygens (including phenoxy) is 2. The van der Waals surface area contributed by atoms with Gasteiger partial charge < -0.3 is 9.47 Å². The van der Waals surface area contributed by atoms with Gasteiger partial charge in [-0.3, -0.25) is 14.5 Å². The number of amides is 2. The highest BCUT2D eigenvalue weighted by Crippen LogP contribution is 2.42. The molecule has 1 saturated carbocycles. The predicted molar refractivity (Wildman–Crippen MR) is 71.5 cm³/mol. The fourth-order valence-electron chi connectivity index (χ4n) is 3.29. The largest absolute Gasteiger partial charge is 0.458 e. The Labute approximate surface area is 122 Å². The summed E-state index contributed by atoms with van der Waals surface area (Å²) in [5.74, 6) is -0.908. The lowest BCUT2D eigenvalue weighted by Crippen LogP contribution is -2.37. The molecule has 3 atom stereocenters. The van der Waals surface area contributed by atoms with E-state index in [4.69, 9.17) is 9.47 Å². The molecule has 3 unspecified atom stereocenters. The van der Waals surface area contributed by atoms with Gasteiger partial charge in [0, 0.05) is 30.5 Å². The molecule has 112 valence electrons. The molecule has 0 radical (unpaired) electrons. The second kappa shape index (κ2) is 5.02. The zero-order valence-electron chi connectivity index (χ0n) is 12.0. The Bertz CT molecular complexity index is 577. The van der Waals surface area contributed by atoms with Crippen molar-refractivity contribution in [2.45, 2.75) is 45.4 Å². The molecule has 0 spiro atoms. The van der Waals surface area contributed by atoms with Crippen LogP contribution in [0.4, 0.5) is 0 Å². The standard InChI is InChI=1S/C15H17NO5/c1-8-6-13(21-15(8)19)20-7-11-10-4-3-5-12(10)16(9(2)17)14(11)18/h6-7,10,12-13H,3-5H2,1-2H3. The van der Waals surface area contributed by atoms with Gasteiger partial charge in [-0.2, -0.15) is 0 Å². The average molecular weight is 291 g/mol. The van der Waals surface area contributed by atoms with Gasteiger partial charge in [-0.05, 0) is 19.8 Å². The van der Waals surface area contributed by atoms with E-state index in [1.54, 1.807) is 13.0 Å². The van der Waals surface area contributed by atoms with E-state index in [9.17, 15) is 14.4 Å². The van der Waals surface area contributed by atoms with Crippen LogP contribution in [0.1, 0.15) is 33.1 Å². The van der Waals surface area contributed by atoms with Crippen molar-refractivity contribution in [1.29, 1.82) is 0 Å². The minimum atomic E-state index is -0.788. The fourth-order valence-corrected chi connectivity index (χ4v) is 3.29. The van der Waals surface area contributed by atoms with Crippen LogP contribution in [0, 0.1) is 5.92 Å². The van der Waals surface area contributed by atoms with Crippen molar-refractivity contribution in [2.75, 3.05) is 0 Å². The van der Waals surface area contributed by atoms with Crippen molar-refractivity contribution in [2.24, 2.45) is 5.92 Å². The Kier molecular flexibility index (Phi) is 3.31. The summed E-state index contributed by atoms with van der Waals surface area (Å²) in [6.45, 7) is 3.05. The Balaban J connectivity index is 1.78. The molecule has 0 N–H and O–H groups in total. The molecule has 3 rings (SSSR count). The third-order valence-corrected chi connectivity index (χ3v) is 4.28. The molecule has 0 aromatic rings. The summed E-state index contributed by atoms with van der Waals surface area (Å²) in [7, 11) is 0. The van der Waals surface area contributed by atoms with Gasteiger partial charge in [0.1, 0.15) is 0 Å². The van der Waals surface area contributed by atoms with E-state index in [-0.39, 0.29) is 23.8 Å². The van der Waals surface area contributed by atoms with E-state index in [1.165, 1.54) is 18.1 Å². The van der Waals surface area contributed by atoms with E-state index >= 15 is 0 Å². The SMILES string of the molecule is CC(=O)N1C(=O)C(=COC2C=C(C)C(=O)O2)C2CCCC21. The van der Waals surface area contributed by atoms with Crippen LogP contribution in [-0.2, 0) is 23.9 Å². The topological polar surface area (TPSA) is 72.9 Å². The molecule has 2 heterocycles. The molecule has 2 fully saturated rings. The molecule has 1 saturated heterocycles. The summed E-state index contributed by atoms with van der Waals surface area (Å²) < 4.78 is 10.4. The van der Waals surface area contributed by atoms with Crippen molar-refractivity contribution in [3.63, 3.8) is 0 Å². The summed E-state index contributed by atoms with van der Waals surface area (Å²) in [6, 6.07) is -0.0479. The number of carbonyl (C=O) groups excluding carboxylic acids is 3. The van der Waals surface area contributed by atoms with Crippen molar-refractivity contribution in [3.8, 4) is 0 Å². The first-order valence-electron chi connectivity index (χ1n) is 7.08. The zero-order valence-corrected chi connectivity index (χ0v) is 12.0. The quantitative estimate of drug-likeness (QED) is 0.435. The average Bonchev–Trinajstić information content (AvgIpc) is 3.04. The summed E-state index contributed by atoms with van der Waals surface area (Å²) >= 11 is 0. The summed E-state index contributed by atoms with van der Waals surface area (Å²) in [4.78, 5) is 36.6. The second-order valence-electron chi connectivity index (χ2n) is 5.63. The van der Waals surface area contributed by atoms with Crippen molar-refractivity contribution < 1.29 is 23.9 Å². The van der Waals surface area contributed by atoms with Crippen LogP contribution in [0.3, 0.4) is 0 Å². The van der Waals surface area contributed by atoms with Crippen LogP contribution < -0.4 is 0 Å². The lowest BCUT2D eigenvalue weighted by molar-refractivity contribution is -0.152. The molecule has 2 aliphatic heterocycles. The van der Waals surface area contributed by atoms with Crippen LogP contribution in [0.25, 0.3) is 0 Å². The Morgan fingerprint density at radius 3 is 2.81 bits per heavy atom. The zero-order chi connectivity index (χ0) is 15.1. The highest BCUT2D eigenvalue weighted by Gasteiger charge is 2.48. The summed E-state index contributed by atoms with van der Waals surface area (Å²) in [6.07, 6.45) is 4.83. The lowest BCUT2D eigenvalue weighted by Gasteiger charge is -2.19. The van der Waals surface area contributed by atoms with Gasteiger partial charge in [0.05, 0.1) is 11.8 Å². The highest BCUT2D eigenvalue weighted by atomic mass is 16.7. The number of cyclic esters (lactones) is 1. The Hall–Kier alpha value is -2.11. The molecule has 6 heteroatoms. The van der Waals surface area contributed by atoms with Crippen molar-refractivity contribution in [1.82, 2.24) is 4.90 Å². The molecular formula is C15H17NO5. The maximum absolute atomic E-state index is 12.3. The monoisotopic (exact) mass is 291 g/mol. The predicted octanol–water partition coefficient (Wildman–Crippen LogP) is 1.27. The normalized spacial score (nSPS) is 33.2. The number of nitrogens with zero attached hydrogens (tertiary/aromatic N) is 1. The number of fused-ring (bicyclic) bond motifs is 1. The maximum atomic E-state index is 12.3. The first-order chi connectivity index (χ1) is 9.99. The van der Waals surface area contributed by atoms with Gasteiger partial charge in [0.25, 0.3) is 12.2 Å². The molecular weight excluding hydrogens is 274 g/mol. The summed E-state index contributed by atoms with van der Waals surface area (Å²) in [5.41, 5.74) is 0.988. The molecule has 21 heavy (non-hydrogen) atoms. The third-order valence-electron chi connectivity index (χ3n) is 4.28. The summed E-state index contributed by atoms with van der Waals surface area (Å²) in [5, 5.41) is 0. The third kappa shape index (κ3) is 2.24. The van der Waals surface area contributed by atoms with Crippen LogP contribution in [0.2, 0.25) is 0 Å². The lowest BCUT2D eigenvalue weighted by atomic mass is 9.99. The Morgan fingerprint density at radius 1 is 1.43 bits per heavy atom. The van der Waals surface area contributed by atoms with E-state index in [0.717, 1.165) is 19.3 Å². The molecule has 2 amide bonds. The van der Waals surface area contributed by atoms with Gasteiger partial charge >= 0.3 is 5.97 Å². The minimum Gasteiger partial charge on any atom is -0.458 e. The van der Waals surface area contributed by atoms with E-state index in [2.05, 4.69) is 0 Å². The van der Waals surface area contributed by atoms with Crippen LogP contribution in [-0.4, -0.2) is 35.0 Å². The number of carbonyl (C=O) groups is 3. The first-order valence-corrected chi connectivity index (χ1v) is 7.08. The van der Waals surface area contributed by atoms with Gasteiger partial charge in [0.15, 0.2) is 0 Å². The second-order valence-corrected chi connectivity index (χ2v) is 5.63. The van der Waals surface area contributed by atoms with Crippen LogP contribution in [0.15, 0.2) is 23.5 Å². The maximum Gasteiger partial charge on any atom is 0.336 e. The van der Waals surface area contributed by atoms with Crippen LogP contribution in [0.5, 0.6) is 0 Å². The number of hydrogen-bond donors (Lipinski definition) is 0. The van der Waals surface area contributed by atoms with Crippen molar-refractivity contribution in [3.05, 3.63) is 23.5 Å². The van der Waals surface area contributed by atoms with E-state index < -0.39 is 12.3 Å². The molecule has 0 aromatic carbocycles. The van der Waals surface area contributed by atoms with Gasteiger partial charge in [-0.25, -0.2) is 4.79 Å². The number of esters is 1. The smallest absolute Gasteiger partial charge is 0.336 e. The van der Waals surface area contributed by atoms with Gasteiger partial charge in [0.2, 0.25) is 5.91 Å². The Morgan fingerprint density at radius 2 is 2.19 bits per heavy atom. The molecule has 6 nitrogen and oxygen atoms in total. The fraction of sp³-hybridized carbons (Fsp3) is 0.533. The highest BCUT2D eigenvalue weighted by molar-refractivity contribution is 6.06. The first kappa shape index (κ1) is 13.9. The number of hydrogen-bond acceptors (Lipinski definition) is 5. The molecule has 3 aliphatic rings. The minimum absolute atomic E-state index is 0.0311. The molecule has 1 aliphatic carbocycles. The van der Waals surface area contributed by atoms with Crippen LogP contribution >= 0.6 is 0 Å².